The van der Waals surface area contributed by atoms with Crippen LogP contribution in [0.3, 0.4) is 0 Å². The molecular weight excluding hydrogens is 252 g/mol. The van der Waals surface area contributed by atoms with Crippen LogP contribution in [0.5, 0.6) is 0 Å². The summed E-state index contributed by atoms with van der Waals surface area (Å²) in [6.45, 7) is 3.42. The SMILES string of the molecule is CC(C(C)S(C)(=O)=O)N(C)C(=O)C1CCC(N)C1. The molecule has 1 saturated carbocycles. The van der Waals surface area contributed by atoms with Crippen LogP contribution in [0.15, 0.2) is 0 Å². The topological polar surface area (TPSA) is 80.5 Å². The highest BCUT2D eigenvalue weighted by Crippen LogP contribution is 2.26. The van der Waals surface area contributed by atoms with Gasteiger partial charge in [0.25, 0.3) is 0 Å². The van der Waals surface area contributed by atoms with E-state index in [4.69, 9.17) is 5.73 Å². The minimum absolute atomic E-state index is 0.0194. The average Bonchev–Trinajstić information content (AvgIpc) is 2.70. The van der Waals surface area contributed by atoms with Crippen molar-refractivity contribution in [1.82, 2.24) is 4.90 Å². The maximum Gasteiger partial charge on any atom is 0.225 e. The van der Waals surface area contributed by atoms with E-state index < -0.39 is 15.1 Å². The van der Waals surface area contributed by atoms with Crippen LogP contribution in [0.1, 0.15) is 33.1 Å². The third kappa shape index (κ3) is 3.45. The van der Waals surface area contributed by atoms with Gasteiger partial charge in [-0.1, -0.05) is 0 Å². The van der Waals surface area contributed by atoms with Gasteiger partial charge >= 0.3 is 0 Å². The van der Waals surface area contributed by atoms with Crippen LogP contribution in [0.4, 0.5) is 0 Å². The lowest BCUT2D eigenvalue weighted by Gasteiger charge is -2.31. The number of sulfone groups is 1. The Labute approximate surface area is 110 Å². The number of nitrogens with zero attached hydrogens (tertiary/aromatic N) is 1. The van der Waals surface area contributed by atoms with Crippen molar-refractivity contribution in [2.75, 3.05) is 13.3 Å². The zero-order valence-electron chi connectivity index (χ0n) is 11.6. The number of hydrogen-bond donors (Lipinski definition) is 1. The lowest BCUT2D eigenvalue weighted by atomic mass is 10.1. The summed E-state index contributed by atoms with van der Waals surface area (Å²) in [4.78, 5) is 13.8. The van der Waals surface area contributed by atoms with Crippen molar-refractivity contribution >= 4 is 15.7 Å². The summed E-state index contributed by atoms with van der Waals surface area (Å²) in [6.07, 6.45) is 3.60. The normalized spacial score (nSPS) is 27.8. The molecule has 4 atom stereocenters. The van der Waals surface area contributed by atoms with Gasteiger partial charge in [0.05, 0.1) is 5.25 Å². The van der Waals surface area contributed by atoms with Crippen LogP contribution in [0, 0.1) is 5.92 Å². The molecule has 0 aromatic carbocycles. The fourth-order valence-corrected chi connectivity index (χ4v) is 3.30. The Bertz CT molecular complexity index is 408. The van der Waals surface area contributed by atoms with E-state index >= 15 is 0 Å². The highest BCUT2D eigenvalue weighted by Gasteiger charge is 2.34. The minimum atomic E-state index is -3.13. The molecule has 106 valence electrons. The van der Waals surface area contributed by atoms with Crippen molar-refractivity contribution in [2.45, 2.75) is 50.4 Å². The molecule has 18 heavy (non-hydrogen) atoms. The third-order valence-corrected chi connectivity index (χ3v) is 5.88. The molecule has 0 aromatic rings. The standard InChI is InChI=1S/C12H24N2O3S/c1-8(9(2)18(4,16)17)14(3)12(15)10-5-6-11(13)7-10/h8-11H,5-7,13H2,1-4H3. The summed E-state index contributed by atoms with van der Waals surface area (Å²) in [5.74, 6) is -0.0230. The lowest BCUT2D eigenvalue weighted by Crippen LogP contribution is -2.46. The number of hydrogen-bond acceptors (Lipinski definition) is 4. The fraction of sp³-hybridized carbons (Fsp3) is 0.917. The predicted octanol–water partition coefficient (Wildman–Crippen LogP) is 0.394. The van der Waals surface area contributed by atoms with E-state index in [0.717, 1.165) is 12.8 Å². The summed E-state index contributed by atoms with van der Waals surface area (Å²) in [5.41, 5.74) is 5.80. The molecule has 1 aliphatic carbocycles. The Morgan fingerprint density at radius 1 is 1.33 bits per heavy atom. The Morgan fingerprint density at radius 2 is 1.89 bits per heavy atom. The molecule has 4 unspecified atom stereocenters. The molecule has 1 fully saturated rings. The van der Waals surface area contributed by atoms with Crippen molar-refractivity contribution in [3.05, 3.63) is 0 Å². The van der Waals surface area contributed by atoms with Crippen LogP contribution in [0.25, 0.3) is 0 Å². The van der Waals surface area contributed by atoms with Crippen LogP contribution in [-0.2, 0) is 14.6 Å². The van der Waals surface area contributed by atoms with Crippen LogP contribution in [-0.4, -0.2) is 49.9 Å². The Kier molecular flexibility index (Phi) is 4.78. The van der Waals surface area contributed by atoms with Crippen LogP contribution in [0.2, 0.25) is 0 Å². The quantitative estimate of drug-likeness (QED) is 0.805. The second kappa shape index (κ2) is 5.57. The van der Waals surface area contributed by atoms with E-state index in [1.165, 1.54) is 6.26 Å². The Hall–Kier alpha value is -0.620. The van der Waals surface area contributed by atoms with Gasteiger partial charge in [0, 0.05) is 31.3 Å². The predicted molar refractivity (Wildman–Crippen MR) is 71.9 cm³/mol. The minimum Gasteiger partial charge on any atom is -0.342 e. The molecule has 0 aliphatic heterocycles. The first kappa shape index (κ1) is 15.4. The fourth-order valence-electron chi connectivity index (χ4n) is 2.40. The molecule has 6 heteroatoms. The summed E-state index contributed by atoms with van der Waals surface area (Å²) in [5, 5.41) is -0.554. The van der Waals surface area contributed by atoms with E-state index in [1.807, 2.05) is 0 Å². The summed E-state index contributed by atoms with van der Waals surface area (Å²) < 4.78 is 23.0. The van der Waals surface area contributed by atoms with Gasteiger partial charge in [-0.15, -0.1) is 0 Å². The smallest absolute Gasteiger partial charge is 0.225 e. The first-order chi connectivity index (χ1) is 8.14. The van der Waals surface area contributed by atoms with Gasteiger partial charge < -0.3 is 10.6 Å². The number of amides is 1. The molecule has 0 aromatic heterocycles. The number of rotatable bonds is 4. The van der Waals surface area contributed by atoms with Gasteiger partial charge in [-0.25, -0.2) is 8.42 Å². The first-order valence-electron chi connectivity index (χ1n) is 6.35. The number of nitrogens with two attached hydrogens (primary N) is 1. The molecule has 0 saturated heterocycles. The maximum absolute atomic E-state index is 12.2. The highest BCUT2D eigenvalue weighted by atomic mass is 32.2. The number of carbonyl (C=O) groups excluding carboxylic acids is 1. The first-order valence-corrected chi connectivity index (χ1v) is 8.31. The van der Waals surface area contributed by atoms with Crippen LogP contribution < -0.4 is 5.73 Å². The molecule has 5 nitrogen and oxygen atoms in total. The second-order valence-electron chi connectivity index (χ2n) is 5.49. The molecule has 1 aliphatic rings. The molecule has 2 N–H and O–H groups in total. The van der Waals surface area contributed by atoms with Crippen LogP contribution >= 0.6 is 0 Å². The molecule has 0 spiro atoms. The van der Waals surface area contributed by atoms with Crippen molar-refractivity contribution in [3.63, 3.8) is 0 Å². The van der Waals surface area contributed by atoms with E-state index in [9.17, 15) is 13.2 Å². The summed E-state index contributed by atoms with van der Waals surface area (Å²) >= 11 is 0. The van der Waals surface area contributed by atoms with Gasteiger partial charge in [0.15, 0.2) is 9.84 Å². The summed E-state index contributed by atoms with van der Waals surface area (Å²) in [7, 11) is -1.45. The van der Waals surface area contributed by atoms with Gasteiger partial charge in [0.2, 0.25) is 5.91 Å². The monoisotopic (exact) mass is 276 g/mol. The zero-order chi connectivity index (χ0) is 14.1. The zero-order valence-corrected chi connectivity index (χ0v) is 12.4. The van der Waals surface area contributed by atoms with Gasteiger partial charge in [-0.3, -0.25) is 4.79 Å². The van der Waals surface area contributed by atoms with Crippen molar-refractivity contribution in [3.8, 4) is 0 Å². The van der Waals surface area contributed by atoms with Crippen molar-refractivity contribution in [2.24, 2.45) is 11.7 Å². The Morgan fingerprint density at radius 3 is 2.28 bits per heavy atom. The molecule has 0 heterocycles. The van der Waals surface area contributed by atoms with Crippen molar-refractivity contribution < 1.29 is 13.2 Å². The molecule has 0 bridgehead atoms. The van der Waals surface area contributed by atoms with Gasteiger partial charge in [-0.2, -0.15) is 0 Å². The molecule has 1 rings (SSSR count). The molecule has 1 amide bonds. The molecule has 0 radical (unpaired) electrons. The van der Waals surface area contributed by atoms with Gasteiger partial charge in [0.1, 0.15) is 0 Å². The second-order valence-corrected chi connectivity index (χ2v) is 7.90. The van der Waals surface area contributed by atoms with E-state index in [0.29, 0.717) is 6.42 Å². The van der Waals surface area contributed by atoms with Crippen molar-refractivity contribution in [1.29, 1.82) is 0 Å². The Balaban J connectivity index is 2.69. The molecular formula is C12H24N2O3S. The lowest BCUT2D eigenvalue weighted by molar-refractivity contribution is -0.135. The maximum atomic E-state index is 12.2. The largest absolute Gasteiger partial charge is 0.342 e. The average molecular weight is 276 g/mol. The van der Waals surface area contributed by atoms with E-state index in [-0.39, 0.29) is 23.9 Å². The summed E-state index contributed by atoms with van der Waals surface area (Å²) in [6, 6.07) is -0.209. The van der Waals surface area contributed by atoms with E-state index in [2.05, 4.69) is 0 Å². The van der Waals surface area contributed by atoms with E-state index in [1.54, 1.807) is 25.8 Å². The van der Waals surface area contributed by atoms with Gasteiger partial charge in [-0.05, 0) is 33.1 Å². The third-order valence-electron chi connectivity index (χ3n) is 4.14. The highest BCUT2D eigenvalue weighted by molar-refractivity contribution is 7.91. The number of carbonyl (C=O) groups is 1.